The Morgan fingerprint density at radius 2 is 1.44 bits per heavy atom. The zero-order chi connectivity index (χ0) is 24.1. The van der Waals surface area contributed by atoms with Crippen LogP contribution in [-0.4, -0.2) is 18.7 Å². The Bertz CT molecular complexity index is 1060. The molecule has 32 heavy (non-hydrogen) atoms. The lowest BCUT2D eigenvalue weighted by molar-refractivity contribution is 0.0856. The van der Waals surface area contributed by atoms with Gasteiger partial charge in [0.2, 0.25) is 10.0 Å². The average Bonchev–Trinajstić information content (AvgIpc) is 2.97. The van der Waals surface area contributed by atoms with Crippen molar-refractivity contribution in [2.24, 2.45) is 5.14 Å². The van der Waals surface area contributed by atoms with Crippen LogP contribution in [0.2, 0.25) is 0 Å². The van der Waals surface area contributed by atoms with Crippen LogP contribution in [0.25, 0.3) is 11.3 Å². The maximum Gasteiger partial charge on any atom is 0.239 e. The molecule has 1 aliphatic carbocycles. The van der Waals surface area contributed by atoms with Gasteiger partial charge in [0.25, 0.3) is 0 Å². The highest BCUT2D eigenvalue weighted by atomic mass is 32.2. The molecule has 1 aromatic carbocycles. The predicted octanol–water partition coefficient (Wildman–Crippen LogP) is 6.38. The van der Waals surface area contributed by atoms with Gasteiger partial charge in [-0.1, -0.05) is 66.9 Å². The SMILES string of the molecule is Cc1c(S(N)(=O)=O)cc(-c2cc(C(C)(C)C)cc(C(C)(C)C)c2)n1CC1(F)CCCCC1. The van der Waals surface area contributed by atoms with Crippen LogP contribution >= 0.6 is 0 Å². The first-order chi connectivity index (χ1) is 14.5. The van der Waals surface area contributed by atoms with Crippen molar-refractivity contribution >= 4 is 10.0 Å². The Labute approximate surface area is 193 Å². The van der Waals surface area contributed by atoms with Crippen LogP contribution in [0.4, 0.5) is 4.39 Å². The number of rotatable bonds is 4. The molecule has 0 spiro atoms. The molecule has 0 bridgehead atoms. The molecule has 2 N–H and O–H groups in total. The summed E-state index contributed by atoms with van der Waals surface area (Å²) in [4.78, 5) is 0.0744. The van der Waals surface area contributed by atoms with Gasteiger partial charge in [-0.05, 0) is 65.5 Å². The normalized spacial score (nSPS) is 17.5. The minimum absolute atomic E-state index is 0.0744. The molecular weight excluding hydrogens is 423 g/mol. The number of hydrogen-bond donors (Lipinski definition) is 1. The van der Waals surface area contributed by atoms with Crippen molar-refractivity contribution < 1.29 is 12.8 Å². The number of hydrogen-bond acceptors (Lipinski definition) is 2. The second-order valence-electron chi connectivity index (χ2n) is 11.6. The van der Waals surface area contributed by atoms with Crippen LogP contribution in [0, 0.1) is 6.92 Å². The van der Waals surface area contributed by atoms with E-state index in [1.54, 1.807) is 13.0 Å². The molecule has 1 fully saturated rings. The molecule has 1 saturated carbocycles. The molecular formula is C26H39FN2O2S. The van der Waals surface area contributed by atoms with Gasteiger partial charge < -0.3 is 4.57 Å². The quantitative estimate of drug-likeness (QED) is 0.573. The molecule has 1 heterocycles. The van der Waals surface area contributed by atoms with Crippen LogP contribution in [0.3, 0.4) is 0 Å². The number of halogens is 1. The molecule has 0 radical (unpaired) electrons. The maximum absolute atomic E-state index is 15.8. The molecule has 4 nitrogen and oxygen atoms in total. The summed E-state index contributed by atoms with van der Waals surface area (Å²) >= 11 is 0. The van der Waals surface area contributed by atoms with Gasteiger partial charge in [-0.15, -0.1) is 0 Å². The lowest BCUT2D eigenvalue weighted by atomic mass is 9.79. The van der Waals surface area contributed by atoms with Gasteiger partial charge in [0.05, 0.1) is 6.54 Å². The molecule has 1 aromatic heterocycles. The Morgan fingerprint density at radius 3 is 1.88 bits per heavy atom. The van der Waals surface area contributed by atoms with E-state index in [0.717, 1.165) is 36.0 Å². The predicted molar refractivity (Wildman–Crippen MR) is 130 cm³/mol. The molecule has 3 rings (SSSR count). The topological polar surface area (TPSA) is 65.1 Å². The van der Waals surface area contributed by atoms with Gasteiger partial charge in [-0.3, -0.25) is 0 Å². The third kappa shape index (κ3) is 5.28. The third-order valence-electron chi connectivity index (χ3n) is 6.78. The first-order valence-electron chi connectivity index (χ1n) is 11.6. The molecule has 0 unspecified atom stereocenters. The van der Waals surface area contributed by atoms with Crippen LogP contribution < -0.4 is 5.14 Å². The second kappa shape index (κ2) is 8.28. The lowest BCUT2D eigenvalue weighted by Crippen LogP contribution is -2.32. The monoisotopic (exact) mass is 462 g/mol. The average molecular weight is 463 g/mol. The zero-order valence-electron chi connectivity index (χ0n) is 20.7. The van der Waals surface area contributed by atoms with E-state index < -0.39 is 15.7 Å². The number of primary sulfonamides is 1. The number of aromatic nitrogens is 1. The van der Waals surface area contributed by atoms with Crippen LogP contribution in [-0.2, 0) is 27.4 Å². The molecule has 0 amide bonds. The molecule has 2 aromatic rings. The van der Waals surface area contributed by atoms with Crippen molar-refractivity contribution in [3.8, 4) is 11.3 Å². The van der Waals surface area contributed by atoms with E-state index in [2.05, 4.69) is 59.7 Å². The van der Waals surface area contributed by atoms with E-state index in [1.807, 2.05) is 4.57 Å². The number of nitrogens with two attached hydrogens (primary N) is 1. The summed E-state index contributed by atoms with van der Waals surface area (Å²) in [7, 11) is -3.92. The number of alkyl halides is 1. The van der Waals surface area contributed by atoms with Crippen molar-refractivity contribution in [2.45, 2.75) is 109 Å². The fraction of sp³-hybridized carbons (Fsp3) is 0.615. The zero-order valence-corrected chi connectivity index (χ0v) is 21.5. The molecule has 0 atom stereocenters. The Morgan fingerprint density at radius 1 is 0.938 bits per heavy atom. The summed E-state index contributed by atoms with van der Waals surface area (Å²) in [5.41, 5.74) is 2.94. The molecule has 6 heteroatoms. The van der Waals surface area contributed by atoms with E-state index in [9.17, 15) is 8.42 Å². The second-order valence-corrected chi connectivity index (χ2v) is 13.2. The van der Waals surface area contributed by atoms with Crippen LogP contribution in [0.5, 0.6) is 0 Å². The van der Waals surface area contributed by atoms with Gasteiger partial charge in [-0.25, -0.2) is 17.9 Å². The van der Waals surface area contributed by atoms with Crippen LogP contribution in [0.15, 0.2) is 29.2 Å². The molecule has 0 saturated heterocycles. The highest BCUT2D eigenvalue weighted by Crippen LogP contribution is 2.39. The summed E-state index contributed by atoms with van der Waals surface area (Å²) in [5, 5.41) is 5.55. The van der Waals surface area contributed by atoms with Gasteiger partial charge in [0, 0.05) is 11.4 Å². The van der Waals surface area contributed by atoms with Crippen molar-refractivity contribution in [2.75, 3.05) is 0 Å². The standard InChI is InChI=1S/C26H39FN2O2S/c1-18-23(32(28,30)31)16-22(29(18)17-26(27)11-9-8-10-12-26)19-13-20(24(2,3)4)15-21(14-19)25(5,6)7/h13-16H,8-12,17H2,1-7H3,(H2,28,30,31). The fourth-order valence-electron chi connectivity index (χ4n) is 4.62. The van der Waals surface area contributed by atoms with Crippen molar-refractivity contribution in [3.05, 3.63) is 41.1 Å². The summed E-state index contributed by atoms with van der Waals surface area (Å²) in [6.07, 6.45) is 3.78. The van der Waals surface area contributed by atoms with E-state index in [4.69, 9.17) is 5.14 Å². The van der Waals surface area contributed by atoms with Gasteiger partial charge in [-0.2, -0.15) is 0 Å². The number of sulfonamides is 1. The Kier molecular flexibility index (Phi) is 6.46. The largest absolute Gasteiger partial charge is 0.340 e. The van der Waals surface area contributed by atoms with Crippen LogP contribution in [0.1, 0.15) is 90.5 Å². The smallest absolute Gasteiger partial charge is 0.239 e. The van der Waals surface area contributed by atoms with Crippen molar-refractivity contribution in [3.63, 3.8) is 0 Å². The highest BCUT2D eigenvalue weighted by Gasteiger charge is 2.34. The van der Waals surface area contributed by atoms with E-state index in [0.29, 0.717) is 24.2 Å². The van der Waals surface area contributed by atoms with Gasteiger partial charge in [0.15, 0.2) is 0 Å². The van der Waals surface area contributed by atoms with Gasteiger partial charge >= 0.3 is 0 Å². The number of benzene rings is 1. The molecule has 178 valence electrons. The maximum atomic E-state index is 15.8. The van der Waals surface area contributed by atoms with Crippen molar-refractivity contribution in [1.82, 2.24) is 4.57 Å². The summed E-state index contributed by atoms with van der Waals surface area (Å²) < 4.78 is 42.3. The van der Waals surface area contributed by atoms with E-state index in [1.165, 1.54) is 0 Å². The van der Waals surface area contributed by atoms with E-state index >= 15 is 4.39 Å². The van der Waals surface area contributed by atoms with Gasteiger partial charge in [0.1, 0.15) is 10.6 Å². The molecule has 0 aliphatic heterocycles. The fourth-order valence-corrected chi connectivity index (χ4v) is 5.42. The lowest BCUT2D eigenvalue weighted by Gasteiger charge is -2.31. The summed E-state index contributed by atoms with van der Waals surface area (Å²) in [6.45, 7) is 14.9. The van der Waals surface area contributed by atoms with E-state index in [-0.39, 0.29) is 22.3 Å². The Hall–Kier alpha value is -1.66. The first kappa shape index (κ1) is 25.0. The summed E-state index contributed by atoms with van der Waals surface area (Å²) in [5.74, 6) is 0. The highest BCUT2D eigenvalue weighted by molar-refractivity contribution is 7.89. The summed E-state index contributed by atoms with van der Waals surface area (Å²) in [6, 6.07) is 8.07. The minimum atomic E-state index is -3.92. The molecule has 1 aliphatic rings. The minimum Gasteiger partial charge on any atom is -0.340 e. The third-order valence-corrected chi connectivity index (χ3v) is 7.80. The first-order valence-corrected chi connectivity index (χ1v) is 13.1. The van der Waals surface area contributed by atoms with Crippen molar-refractivity contribution in [1.29, 1.82) is 0 Å². The number of nitrogens with zero attached hydrogens (tertiary/aromatic N) is 1. The Balaban J connectivity index is 2.27.